The molecule has 0 aliphatic carbocycles. The number of amides is 1. The van der Waals surface area contributed by atoms with Crippen molar-refractivity contribution in [2.75, 3.05) is 19.6 Å². The number of hydrogen-bond acceptors (Lipinski definition) is 6. The number of benzene rings is 2. The number of rotatable bonds is 7. The van der Waals surface area contributed by atoms with Crippen LogP contribution in [-0.2, 0) is 14.3 Å². The van der Waals surface area contributed by atoms with Crippen LogP contribution in [0.5, 0.6) is 5.75 Å². The molecule has 0 saturated heterocycles. The minimum Gasteiger partial charge on any atom is -0.500 e. The van der Waals surface area contributed by atoms with E-state index < -0.39 is 17.7 Å². The first-order valence-corrected chi connectivity index (χ1v) is 7.93. The molecule has 2 N–H and O–H groups in total. The number of anilines is 1. The van der Waals surface area contributed by atoms with E-state index in [-0.39, 0.29) is 22.1 Å². The van der Waals surface area contributed by atoms with E-state index in [1.54, 1.807) is 0 Å². The number of hydrogen-bond donors (Lipinski definition) is 2. The number of esters is 1. The molecule has 0 aliphatic heterocycles. The van der Waals surface area contributed by atoms with E-state index in [2.05, 4.69) is 15.6 Å². The molecule has 0 heterocycles. The van der Waals surface area contributed by atoms with Crippen molar-refractivity contribution in [3.05, 3.63) is 70.9 Å². The largest absolute Gasteiger partial charge is 0.500 e. The van der Waals surface area contributed by atoms with Gasteiger partial charge in [-0.15, -0.1) is 0 Å². The maximum atomic E-state index is 12.9. The molecule has 2 aromatic rings. The van der Waals surface area contributed by atoms with Gasteiger partial charge in [0.15, 0.2) is 0 Å². The summed E-state index contributed by atoms with van der Waals surface area (Å²) < 4.78 is 27.7. The second-order valence-electron chi connectivity index (χ2n) is 5.04. The molecule has 0 unspecified atom stereocenters. The maximum absolute atomic E-state index is 12.9. The number of ether oxygens (including phenoxy) is 3. The average molecular weight is 395 g/mol. The summed E-state index contributed by atoms with van der Waals surface area (Å²) >= 11 is 5.95. The average Bonchev–Trinajstić information content (AvgIpc) is 2.67. The van der Waals surface area contributed by atoms with Crippen LogP contribution in [0.1, 0.15) is 10.4 Å². The van der Waals surface area contributed by atoms with Crippen molar-refractivity contribution < 1.29 is 28.2 Å². The van der Waals surface area contributed by atoms with E-state index >= 15 is 0 Å². The summed E-state index contributed by atoms with van der Waals surface area (Å²) in [5, 5.41) is 0.282. The van der Waals surface area contributed by atoms with Crippen LogP contribution in [0, 0.1) is 5.82 Å². The Morgan fingerprint density at radius 1 is 1.11 bits per heavy atom. The summed E-state index contributed by atoms with van der Waals surface area (Å²) in [6, 6.07) is 9.63. The lowest BCUT2D eigenvalue weighted by Gasteiger charge is -2.14. The van der Waals surface area contributed by atoms with E-state index in [4.69, 9.17) is 21.1 Å². The summed E-state index contributed by atoms with van der Waals surface area (Å²) in [7, 11) is 2.51. The highest BCUT2D eigenvalue weighted by molar-refractivity contribution is 6.31. The first-order valence-electron chi connectivity index (χ1n) is 7.55. The van der Waals surface area contributed by atoms with Gasteiger partial charge in [-0.1, -0.05) is 11.6 Å². The predicted molar refractivity (Wildman–Crippen MR) is 96.7 cm³/mol. The number of hydrazine groups is 1. The number of methoxy groups -OCH3 is 2. The second kappa shape index (κ2) is 9.44. The molecule has 1 amide bonds. The lowest BCUT2D eigenvalue weighted by atomic mass is 10.2. The van der Waals surface area contributed by atoms with Crippen LogP contribution in [0.25, 0.3) is 0 Å². The minimum atomic E-state index is -0.789. The van der Waals surface area contributed by atoms with Crippen LogP contribution in [0.2, 0.25) is 5.02 Å². The van der Waals surface area contributed by atoms with Gasteiger partial charge in [0, 0.05) is 5.02 Å². The fourth-order valence-corrected chi connectivity index (χ4v) is 2.11. The molecule has 0 spiro atoms. The number of carbonyl (C=O) groups is 2. The van der Waals surface area contributed by atoms with Gasteiger partial charge in [-0.2, -0.15) is 0 Å². The Balaban J connectivity index is 2.21. The summed E-state index contributed by atoms with van der Waals surface area (Å²) in [6.45, 7) is 0. The molecule has 142 valence electrons. The highest BCUT2D eigenvalue weighted by atomic mass is 35.5. The van der Waals surface area contributed by atoms with Crippen LogP contribution < -0.4 is 15.6 Å². The Morgan fingerprint density at radius 2 is 1.81 bits per heavy atom. The molecule has 9 heteroatoms. The molecule has 0 aromatic heterocycles. The van der Waals surface area contributed by atoms with Crippen molar-refractivity contribution in [1.29, 1.82) is 0 Å². The van der Waals surface area contributed by atoms with Crippen molar-refractivity contribution in [3.8, 4) is 5.75 Å². The normalized spacial score (nSPS) is 10.7. The number of carbonyl (C=O) groups excluding carboxylic acids is 2. The van der Waals surface area contributed by atoms with Gasteiger partial charge in [-0.3, -0.25) is 15.6 Å². The second-order valence-corrected chi connectivity index (χ2v) is 5.47. The van der Waals surface area contributed by atoms with Gasteiger partial charge in [-0.25, -0.2) is 9.18 Å². The topological polar surface area (TPSA) is 85.9 Å². The van der Waals surface area contributed by atoms with E-state index in [0.717, 1.165) is 6.26 Å². The van der Waals surface area contributed by atoms with Gasteiger partial charge < -0.3 is 14.2 Å². The Hall–Kier alpha value is -3.26. The SMILES string of the molecule is CO/C=C(/Oc1ccc(Cl)cc1C(=O)NNc1ccc(F)cc1)C(=O)OC. The first-order chi connectivity index (χ1) is 12.9. The van der Waals surface area contributed by atoms with Gasteiger partial charge in [-0.05, 0) is 42.5 Å². The van der Waals surface area contributed by atoms with E-state index in [1.807, 2.05) is 0 Å². The molecule has 2 rings (SSSR count). The molecule has 2 aromatic carbocycles. The Kier molecular flexibility index (Phi) is 7.01. The summed E-state index contributed by atoms with van der Waals surface area (Å²) in [5.74, 6) is -2.01. The van der Waals surface area contributed by atoms with E-state index in [9.17, 15) is 14.0 Å². The highest BCUT2D eigenvalue weighted by Gasteiger charge is 2.19. The quantitative estimate of drug-likeness (QED) is 0.324. The summed E-state index contributed by atoms with van der Waals surface area (Å²) in [4.78, 5) is 24.2. The highest BCUT2D eigenvalue weighted by Crippen LogP contribution is 2.25. The fraction of sp³-hybridized carbons (Fsp3) is 0.111. The molecule has 0 aliphatic rings. The molecular formula is C18H16ClFN2O5. The lowest BCUT2D eigenvalue weighted by Crippen LogP contribution is -2.29. The molecule has 7 nitrogen and oxygen atoms in total. The van der Waals surface area contributed by atoms with Crippen LogP contribution in [0.15, 0.2) is 54.5 Å². The third-order valence-corrected chi connectivity index (χ3v) is 3.42. The monoisotopic (exact) mass is 394 g/mol. The molecule has 27 heavy (non-hydrogen) atoms. The van der Waals surface area contributed by atoms with Crippen molar-refractivity contribution in [2.45, 2.75) is 0 Å². The summed E-state index contributed by atoms with van der Waals surface area (Å²) in [5.41, 5.74) is 5.57. The van der Waals surface area contributed by atoms with Crippen LogP contribution in [0.3, 0.4) is 0 Å². The van der Waals surface area contributed by atoms with Gasteiger partial charge in [0.2, 0.25) is 5.76 Å². The number of halogens is 2. The van der Waals surface area contributed by atoms with Crippen molar-refractivity contribution in [3.63, 3.8) is 0 Å². The fourth-order valence-electron chi connectivity index (χ4n) is 1.94. The minimum absolute atomic E-state index is 0.0445. The molecule has 0 radical (unpaired) electrons. The molecule has 0 fully saturated rings. The van der Waals surface area contributed by atoms with Gasteiger partial charge in [0.05, 0.1) is 25.5 Å². The first kappa shape index (κ1) is 20.1. The third-order valence-electron chi connectivity index (χ3n) is 3.18. The van der Waals surface area contributed by atoms with Crippen LogP contribution in [0.4, 0.5) is 10.1 Å². The standard InChI is InChI=1S/C18H16ClFN2O5/c1-25-10-16(18(24)26-2)27-15-8-3-11(19)9-14(15)17(23)22-21-13-6-4-12(20)5-7-13/h3-10,21H,1-2H3,(H,22,23)/b16-10+. The Labute approximate surface area is 159 Å². The van der Waals surface area contributed by atoms with Gasteiger partial charge >= 0.3 is 5.97 Å². The predicted octanol–water partition coefficient (Wildman–Crippen LogP) is 3.28. The Morgan fingerprint density at radius 3 is 2.44 bits per heavy atom. The zero-order chi connectivity index (χ0) is 19.8. The van der Waals surface area contributed by atoms with Crippen LogP contribution >= 0.6 is 11.6 Å². The van der Waals surface area contributed by atoms with E-state index in [0.29, 0.717) is 5.69 Å². The van der Waals surface area contributed by atoms with Crippen molar-refractivity contribution in [1.82, 2.24) is 5.43 Å². The zero-order valence-corrected chi connectivity index (χ0v) is 15.2. The molecule has 0 bridgehead atoms. The lowest BCUT2D eigenvalue weighted by molar-refractivity contribution is -0.138. The van der Waals surface area contributed by atoms with Crippen molar-refractivity contribution in [2.24, 2.45) is 0 Å². The summed E-state index contributed by atoms with van der Waals surface area (Å²) in [6.07, 6.45) is 1.04. The van der Waals surface area contributed by atoms with Crippen molar-refractivity contribution >= 4 is 29.2 Å². The Bertz CT molecular complexity index is 855. The molecule has 0 saturated carbocycles. The smallest absolute Gasteiger partial charge is 0.377 e. The number of nitrogens with one attached hydrogen (secondary N) is 2. The zero-order valence-electron chi connectivity index (χ0n) is 14.4. The van der Waals surface area contributed by atoms with Gasteiger partial charge in [0.25, 0.3) is 5.91 Å². The molecular weight excluding hydrogens is 379 g/mol. The van der Waals surface area contributed by atoms with Gasteiger partial charge in [0.1, 0.15) is 17.8 Å². The molecule has 0 atom stereocenters. The van der Waals surface area contributed by atoms with Crippen LogP contribution in [-0.4, -0.2) is 26.1 Å². The van der Waals surface area contributed by atoms with E-state index in [1.165, 1.54) is 56.7 Å². The third kappa shape index (κ3) is 5.61. The maximum Gasteiger partial charge on any atom is 0.377 e.